The molecule has 4 rings (SSSR count). The molecule has 0 aliphatic heterocycles. The summed E-state index contributed by atoms with van der Waals surface area (Å²) in [5.41, 5.74) is 2.07. The molecule has 6 nitrogen and oxygen atoms in total. The van der Waals surface area contributed by atoms with Crippen LogP contribution in [0, 0.1) is 5.92 Å². The molecule has 0 saturated heterocycles. The number of aryl methyl sites for hydroxylation is 1. The molecule has 1 atom stereocenters. The average molecular weight is 355 g/mol. The van der Waals surface area contributed by atoms with E-state index in [1.54, 1.807) is 23.5 Å². The molecule has 0 bridgehead atoms. The number of fused-ring (bicyclic) bond motifs is 3. The highest BCUT2D eigenvalue weighted by Gasteiger charge is 2.23. The number of carboxylic acids is 1. The monoisotopic (exact) mass is 355 g/mol. The van der Waals surface area contributed by atoms with Crippen molar-refractivity contribution in [1.29, 1.82) is 0 Å². The second kappa shape index (κ2) is 6.07. The molecule has 1 aliphatic rings. The number of hydrogen-bond donors (Lipinski definition) is 1. The van der Waals surface area contributed by atoms with Crippen LogP contribution in [0.25, 0.3) is 10.2 Å². The zero-order valence-electron chi connectivity index (χ0n) is 13.7. The van der Waals surface area contributed by atoms with Crippen LogP contribution >= 0.6 is 11.3 Å². The van der Waals surface area contributed by atoms with Gasteiger partial charge in [-0.25, -0.2) is 9.48 Å². The highest BCUT2D eigenvalue weighted by Crippen LogP contribution is 2.35. The Balaban J connectivity index is 1.72. The standard InChI is InChI=1S/C18H17N3O3S/c1-10-2-7-13-14(8-10)25-16-15(13)17(22)21(20-19-16)9-11-3-5-12(6-4-11)18(23)24/h3-6,10H,2,7-9H2,1H3,(H,23,24)/t10-/m0/s1. The minimum absolute atomic E-state index is 0.112. The molecule has 0 fully saturated rings. The summed E-state index contributed by atoms with van der Waals surface area (Å²) in [5.74, 6) is -0.326. The SMILES string of the molecule is C[C@H]1CCc2c(sc3nnn(Cc4ccc(C(=O)O)cc4)c(=O)c23)C1. The Hall–Kier alpha value is -2.54. The largest absolute Gasteiger partial charge is 0.478 e. The minimum atomic E-state index is -0.968. The van der Waals surface area contributed by atoms with Crippen molar-refractivity contribution in [2.24, 2.45) is 5.92 Å². The van der Waals surface area contributed by atoms with Crippen LogP contribution < -0.4 is 5.56 Å². The van der Waals surface area contributed by atoms with Gasteiger partial charge >= 0.3 is 5.97 Å². The van der Waals surface area contributed by atoms with Gasteiger partial charge in [-0.1, -0.05) is 24.3 Å². The first-order valence-corrected chi connectivity index (χ1v) is 9.05. The Morgan fingerprint density at radius 2 is 2.12 bits per heavy atom. The first kappa shape index (κ1) is 16.0. The van der Waals surface area contributed by atoms with Gasteiger partial charge in [0, 0.05) is 4.88 Å². The van der Waals surface area contributed by atoms with Gasteiger partial charge in [0.2, 0.25) is 0 Å². The number of carboxylic acid groups (broad SMARTS) is 1. The van der Waals surface area contributed by atoms with Gasteiger partial charge in [-0.05, 0) is 48.4 Å². The molecule has 128 valence electrons. The summed E-state index contributed by atoms with van der Waals surface area (Å²) in [5, 5.41) is 18.0. The van der Waals surface area contributed by atoms with Crippen molar-refractivity contribution in [3.8, 4) is 0 Å². The lowest BCUT2D eigenvalue weighted by molar-refractivity contribution is 0.0697. The maximum atomic E-state index is 12.9. The first-order valence-electron chi connectivity index (χ1n) is 8.23. The summed E-state index contributed by atoms with van der Waals surface area (Å²) in [4.78, 5) is 25.8. The predicted octanol–water partition coefficient (Wildman–Crippen LogP) is 2.72. The summed E-state index contributed by atoms with van der Waals surface area (Å²) in [6.45, 7) is 2.51. The Morgan fingerprint density at radius 1 is 1.36 bits per heavy atom. The van der Waals surface area contributed by atoms with E-state index in [9.17, 15) is 9.59 Å². The second-order valence-corrected chi connectivity index (χ2v) is 7.67. The van der Waals surface area contributed by atoms with Crippen LogP contribution in [0.15, 0.2) is 29.1 Å². The lowest BCUT2D eigenvalue weighted by Gasteiger charge is -2.17. The topological polar surface area (TPSA) is 85.1 Å². The molecule has 0 saturated carbocycles. The van der Waals surface area contributed by atoms with Crippen molar-refractivity contribution >= 4 is 27.5 Å². The molecule has 3 aromatic rings. The molecule has 0 spiro atoms. The van der Waals surface area contributed by atoms with E-state index in [1.807, 2.05) is 0 Å². The third-order valence-electron chi connectivity index (χ3n) is 4.72. The van der Waals surface area contributed by atoms with Crippen LogP contribution in [0.4, 0.5) is 0 Å². The number of hydrogen-bond acceptors (Lipinski definition) is 5. The molecule has 1 N–H and O–H groups in total. The number of aromatic nitrogens is 3. The van der Waals surface area contributed by atoms with Crippen LogP contribution in [0.5, 0.6) is 0 Å². The van der Waals surface area contributed by atoms with E-state index in [4.69, 9.17) is 5.11 Å². The lowest BCUT2D eigenvalue weighted by Crippen LogP contribution is -2.25. The molecule has 25 heavy (non-hydrogen) atoms. The molecule has 2 aromatic heterocycles. The predicted molar refractivity (Wildman–Crippen MR) is 95.4 cm³/mol. The molecule has 7 heteroatoms. The van der Waals surface area contributed by atoms with Gasteiger partial charge in [-0.3, -0.25) is 4.79 Å². The third-order valence-corrected chi connectivity index (χ3v) is 5.86. The quantitative estimate of drug-likeness (QED) is 0.781. The molecule has 0 unspecified atom stereocenters. The number of thiophene rings is 1. The van der Waals surface area contributed by atoms with Gasteiger partial charge in [0.05, 0.1) is 17.5 Å². The van der Waals surface area contributed by atoms with Crippen molar-refractivity contribution in [3.05, 3.63) is 56.2 Å². The second-order valence-electron chi connectivity index (χ2n) is 6.59. The summed E-state index contributed by atoms with van der Waals surface area (Å²) in [7, 11) is 0. The van der Waals surface area contributed by atoms with Crippen LogP contribution in [-0.2, 0) is 19.4 Å². The smallest absolute Gasteiger partial charge is 0.335 e. The number of rotatable bonds is 3. The van der Waals surface area contributed by atoms with Crippen LogP contribution in [0.1, 0.15) is 39.7 Å². The highest BCUT2D eigenvalue weighted by molar-refractivity contribution is 7.18. The number of nitrogens with zero attached hydrogens (tertiary/aromatic N) is 3. The summed E-state index contributed by atoms with van der Waals surface area (Å²) >= 11 is 1.59. The lowest BCUT2D eigenvalue weighted by atomic mass is 9.89. The van der Waals surface area contributed by atoms with Crippen molar-refractivity contribution in [2.75, 3.05) is 0 Å². The molecule has 0 amide bonds. The molecular weight excluding hydrogens is 338 g/mol. The summed E-state index contributed by atoms with van der Waals surface area (Å²) < 4.78 is 1.36. The van der Waals surface area contributed by atoms with Crippen LogP contribution in [0.2, 0.25) is 0 Å². The Labute approximate surface area is 147 Å². The third kappa shape index (κ3) is 2.84. The van der Waals surface area contributed by atoms with Gasteiger partial charge in [0.15, 0.2) is 4.83 Å². The Kier molecular flexibility index (Phi) is 3.88. The fourth-order valence-electron chi connectivity index (χ4n) is 3.32. The maximum Gasteiger partial charge on any atom is 0.335 e. The highest BCUT2D eigenvalue weighted by atomic mass is 32.1. The normalized spacial score (nSPS) is 16.8. The van der Waals surface area contributed by atoms with Gasteiger partial charge in [-0.2, -0.15) is 0 Å². The van der Waals surface area contributed by atoms with Crippen molar-refractivity contribution in [1.82, 2.24) is 15.0 Å². The van der Waals surface area contributed by atoms with E-state index in [2.05, 4.69) is 17.2 Å². The van der Waals surface area contributed by atoms with Crippen molar-refractivity contribution in [2.45, 2.75) is 32.7 Å². The first-order chi connectivity index (χ1) is 12.0. The zero-order chi connectivity index (χ0) is 17.6. The summed E-state index contributed by atoms with van der Waals surface area (Å²) in [6.07, 6.45) is 3.02. The molecule has 0 radical (unpaired) electrons. The fourth-order valence-corrected chi connectivity index (χ4v) is 4.64. The van der Waals surface area contributed by atoms with E-state index >= 15 is 0 Å². The molecule has 1 aromatic carbocycles. The average Bonchev–Trinajstić information content (AvgIpc) is 2.96. The summed E-state index contributed by atoms with van der Waals surface area (Å²) in [6, 6.07) is 6.46. The van der Waals surface area contributed by atoms with E-state index < -0.39 is 5.97 Å². The number of benzene rings is 1. The zero-order valence-corrected chi connectivity index (χ0v) is 14.5. The van der Waals surface area contributed by atoms with Gasteiger partial charge in [0.1, 0.15) is 0 Å². The Bertz CT molecular complexity index is 1020. The number of carbonyl (C=O) groups is 1. The van der Waals surface area contributed by atoms with Gasteiger partial charge < -0.3 is 5.11 Å². The maximum absolute atomic E-state index is 12.9. The van der Waals surface area contributed by atoms with Gasteiger partial charge in [-0.15, -0.1) is 16.4 Å². The molecule has 1 aliphatic carbocycles. The van der Waals surface area contributed by atoms with Crippen LogP contribution in [0.3, 0.4) is 0 Å². The minimum Gasteiger partial charge on any atom is -0.478 e. The fraction of sp³-hybridized carbons (Fsp3) is 0.333. The van der Waals surface area contributed by atoms with E-state index in [-0.39, 0.29) is 17.7 Å². The van der Waals surface area contributed by atoms with E-state index in [1.165, 1.54) is 21.7 Å². The van der Waals surface area contributed by atoms with Crippen molar-refractivity contribution < 1.29 is 9.90 Å². The van der Waals surface area contributed by atoms with E-state index in [0.29, 0.717) is 11.3 Å². The number of aromatic carboxylic acids is 1. The van der Waals surface area contributed by atoms with E-state index in [0.717, 1.165) is 35.2 Å². The molecule has 2 heterocycles. The van der Waals surface area contributed by atoms with Crippen molar-refractivity contribution in [3.63, 3.8) is 0 Å². The van der Waals surface area contributed by atoms with Crippen LogP contribution in [-0.4, -0.2) is 26.1 Å². The Morgan fingerprint density at radius 3 is 2.84 bits per heavy atom. The van der Waals surface area contributed by atoms with Gasteiger partial charge in [0.25, 0.3) is 5.56 Å². The molecular formula is C18H17N3O3S.